The van der Waals surface area contributed by atoms with E-state index in [9.17, 15) is 14.4 Å². The molecule has 1 unspecified atom stereocenters. The predicted molar refractivity (Wildman–Crippen MR) is 129 cm³/mol. The number of carboxylic acids is 1. The number of nitrogens with one attached hydrogen (secondary N) is 2. The van der Waals surface area contributed by atoms with Crippen LogP contribution in [0.3, 0.4) is 0 Å². The highest BCUT2D eigenvalue weighted by Gasteiger charge is 2.29. The summed E-state index contributed by atoms with van der Waals surface area (Å²) in [6.07, 6.45) is 0.127. The zero-order chi connectivity index (χ0) is 24.8. The van der Waals surface area contributed by atoms with Crippen molar-refractivity contribution < 1.29 is 29.0 Å². The van der Waals surface area contributed by atoms with Gasteiger partial charge in [0.05, 0.1) is 25.3 Å². The molecule has 0 fully saturated rings. The van der Waals surface area contributed by atoms with Gasteiger partial charge >= 0.3 is 12.1 Å². The second-order valence-corrected chi connectivity index (χ2v) is 9.08. The first-order valence-corrected chi connectivity index (χ1v) is 11.8. The predicted octanol–water partition coefficient (Wildman–Crippen LogP) is 3.40. The molecule has 3 aromatic rings. The molecular formula is C25H25N3O6S. The number of ether oxygens (including phenoxy) is 2. The van der Waals surface area contributed by atoms with Gasteiger partial charge in [-0.3, -0.25) is 4.79 Å². The summed E-state index contributed by atoms with van der Waals surface area (Å²) in [5.74, 6) is -1.40. The van der Waals surface area contributed by atoms with Crippen molar-refractivity contribution in [2.24, 2.45) is 0 Å². The van der Waals surface area contributed by atoms with E-state index in [2.05, 4.69) is 39.9 Å². The average Bonchev–Trinajstić information content (AvgIpc) is 3.47. The maximum atomic E-state index is 12.4. The molecule has 182 valence electrons. The molecule has 9 nitrogen and oxygen atoms in total. The van der Waals surface area contributed by atoms with E-state index in [0.717, 1.165) is 33.6 Å². The number of methoxy groups -OCH3 is 1. The third-order valence-electron chi connectivity index (χ3n) is 5.77. The molecule has 1 atom stereocenters. The van der Waals surface area contributed by atoms with Crippen molar-refractivity contribution in [2.45, 2.75) is 25.0 Å². The molecular weight excluding hydrogens is 470 g/mol. The molecule has 2 amide bonds. The number of thiazole rings is 1. The van der Waals surface area contributed by atoms with Crippen LogP contribution in [0.15, 0.2) is 54.7 Å². The fraction of sp³-hybridized carbons (Fsp3) is 0.280. The number of carbonyl (C=O) groups excluding carboxylic acids is 2. The minimum atomic E-state index is -1.06. The second kappa shape index (κ2) is 11.1. The van der Waals surface area contributed by atoms with Crippen LogP contribution in [-0.4, -0.2) is 54.4 Å². The highest BCUT2D eigenvalue weighted by Crippen LogP contribution is 2.44. The first-order valence-electron chi connectivity index (χ1n) is 11.0. The van der Waals surface area contributed by atoms with E-state index in [0.29, 0.717) is 5.01 Å². The average molecular weight is 496 g/mol. The number of amides is 2. The number of nitrogens with zero attached hydrogens (tertiary/aromatic N) is 1. The summed E-state index contributed by atoms with van der Waals surface area (Å²) >= 11 is 0.999. The third-order valence-corrected chi connectivity index (χ3v) is 6.75. The number of aromatic nitrogens is 1. The van der Waals surface area contributed by atoms with Crippen LogP contribution in [0.25, 0.3) is 11.1 Å². The Kier molecular flexibility index (Phi) is 7.74. The molecule has 3 N–H and O–H groups in total. The topological polar surface area (TPSA) is 127 Å². The van der Waals surface area contributed by atoms with Crippen LogP contribution in [0.4, 0.5) is 4.79 Å². The molecule has 0 radical (unpaired) electrons. The minimum absolute atomic E-state index is 0.0112. The lowest BCUT2D eigenvalue weighted by molar-refractivity contribution is -0.123. The van der Waals surface area contributed by atoms with E-state index >= 15 is 0 Å². The van der Waals surface area contributed by atoms with Gasteiger partial charge in [-0.1, -0.05) is 48.5 Å². The molecule has 1 aliphatic rings. The van der Waals surface area contributed by atoms with Gasteiger partial charge < -0.3 is 25.2 Å². The molecule has 2 aromatic carbocycles. The Labute approximate surface area is 206 Å². The smallest absolute Gasteiger partial charge is 0.407 e. The Morgan fingerprint density at radius 1 is 1.06 bits per heavy atom. The van der Waals surface area contributed by atoms with Crippen molar-refractivity contribution in [3.05, 3.63) is 75.7 Å². The van der Waals surface area contributed by atoms with E-state index in [-0.39, 0.29) is 42.8 Å². The van der Waals surface area contributed by atoms with E-state index in [1.807, 2.05) is 24.3 Å². The van der Waals surface area contributed by atoms with E-state index < -0.39 is 18.2 Å². The minimum Gasteiger partial charge on any atom is -0.477 e. The summed E-state index contributed by atoms with van der Waals surface area (Å²) in [5, 5.41) is 14.8. The maximum Gasteiger partial charge on any atom is 0.407 e. The molecule has 1 heterocycles. The van der Waals surface area contributed by atoms with Crippen LogP contribution >= 0.6 is 11.3 Å². The van der Waals surface area contributed by atoms with Crippen molar-refractivity contribution >= 4 is 29.3 Å². The Balaban J connectivity index is 1.23. The lowest BCUT2D eigenvalue weighted by Gasteiger charge is -2.17. The summed E-state index contributed by atoms with van der Waals surface area (Å²) in [5.41, 5.74) is 4.56. The Morgan fingerprint density at radius 2 is 1.71 bits per heavy atom. The number of carbonyl (C=O) groups is 3. The number of hydrogen-bond acceptors (Lipinski definition) is 7. The van der Waals surface area contributed by atoms with Gasteiger partial charge in [0, 0.05) is 19.6 Å². The number of aromatic carboxylic acids is 1. The van der Waals surface area contributed by atoms with Crippen LogP contribution in [0.2, 0.25) is 0 Å². The Hall–Kier alpha value is -3.76. The van der Waals surface area contributed by atoms with Crippen LogP contribution in [0, 0.1) is 0 Å². The monoisotopic (exact) mass is 495 g/mol. The Bertz CT molecular complexity index is 1180. The first-order chi connectivity index (χ1) is 17.0. The standard InChI is InChI=1S/C25H25N3O6S/c1-33-15(10-22(29)26-13-23-27-12-21(35-23)24(30)31)11-28-25(32)34-14-20-18-8-4-2-6-16(18)17-7-3-5-9-19(17)20/h2-9,12,15,20H,10-11,13-14H2,1H3,(H,26,29)(H,28,32)(H,30,31). The number of fused-ring (bicyclic) bond motifs is 3. The van der Waals surface area contributed by atoms with E-state index in [4.69, 9.17) is 14.6 Å². The molecule has 10 heteroatoms. The second-order valence-electron chi connectivity index (χ2n) is 7.97. The van der Waals surface area contributed by atoms with E-state index in [1.54, 1.807) is 0 Å². The number of alkyl carbamates (subject to hydrolysis) is 1. The van der Waals surface area contributed by atoms with Crippen LogP contribution in [-0.2, 0) is 20.8 Å². The normalized spacial score (nSPS) is 12.9. The first kappa shape index (κ1) is 24.4. The summed E-state index contributed by atoms with van der Waals surface area (Å²) in [7, 11) is 1.46. The summed E-state index contributed by atoms with van der Waals surface area (Å²) in [6, 6.07) is 16.2. The van der Waals surface area contributed by atoms with Crippen molar-refractivity contribution in [1.29, 1.82) is 0 Å². The molecule has 0 bridgehead atoms. The fourth-order valence-corrected chi connectivity index (χ4v) is 4.73. The number of hydrogen-bond donors (Lipinski definition) is 3. The van der Waals surface area contributed by atoms with Crippen LogP contribution < -0.4 is 10.6 Å². The van der Waals surface area contributed by atoms with Crippen molar-refractivity contribution in [1.82, 2.24) is 15.6 Å². The lowest BCUT2D eigenvalue weighted by Crippen LogP contribution is -2.37. The van der Waals surface area contributed by atoms with Gasteiger partial charge in [0.1, 0.15) is 16.5 Å². The summed E-state index contributed by atoms with van der Waals surface area (Å²) < 4.78 is 10.8. The number of carboxylic acid groups (broad SMARTS) is 1. The van der Waals surface area contributed by atoms with Crippen LogP contribution in [0.5, 0.6) is 0 Å². The molecule has 0 saturated carbocycles. The Morgan fingerprint density at radius 3 is 2.31 bits per heavy atom. The van der Waals surface area contributed by atoms with Crippen LogP contribution in [0.1, 0.15) is 38.1 Å². The van der Waals surface area contributed by atoms with Crippen molar-refractivity contribution in [3.63, 3.8) is 0 Å². The van der Waals surface area contributed by atoms with Gasteiger partial charge in [0.25, 0.3) is 0 Å². The van der Waals surface area contributed by atoms with Crippen molar-refractivity contribution in [3.8, 4) is 11.1 Å². The van der Waals surface area contributed by atoms with Gasteiger partial charge in [-0.05, 0) is 22.3 Å². The highest BCUT2D eigenvalue weighted by atomic mass is 32.1. The molecule has 0 saturated heterocycles. The molecule has 35 heavy (non-hydrogen) atoms. The van der Waals surface area contributed by atoms with Gasteiger partial charge in [0.2, 0.25) is 5.91 Å². The highest BCUT2D eigenvalue weighted by molar-refractivity contribution is 7.13. The van der Waals surface area contributed by atoms with Gasteiger partial charge in [-0.25, -0.2) is 14.6 Å². The lowest BCUT2D eigenvalue weighted by atomic mass is 9.98. The number of benzene rings is 2. The molecule has 1 aliphatic carbocycles. The quantitative estimate of drug-likeness (QED) is 0.393. The molecule has 4 rings (SSSR count). The van der Waals surface area contributed by atoms with Gasteiger partial charge in [0.15, 0.2) is 0 Å². The van der Waals surface area contributed by atoms with E-state index in [1.165, 1.54) is 13.3 Å². The maximum absolute atomic E-state index is 12.4. The summed E-state index contributed by atoms with van der Waals surface area (Å²) in [6.45, 7) is 0.415. The van der Waals surface area contributed by atoms with Gasteiger partial charge in [-0.2, -0.15) is 0 Å². The fourth-order valence-electron chi connectivity index (χ4n) is 4.03. The third kappa shape index (κ3) is 5.84. The van der Waals surface area contributed by atoms with Gasteiger partial charge in [-0.15, -0.1) is 11.3 Å². The zero-order valence-corrected chi connectivity index (χ0v) is 19.8. The molecule has 0 spiro atoms. The molecule has 0 aliphatic heterocycles. The summed E-state index contributed by atoms with van der Waals surface area (Å²) in [4.78, 5) is 39.6. The largest absolute Gasteiger partial charge is 0.477 e. The SMILES string of the molecule is COC(CNC(=O)OCC1c2ccccc2-c2ccccc21)CC(=O)NCc1ncc(C(=O)O)s1. The van der Waals surface area contributed by atoms with Crippen molar-refractivity contribution in [2.75, 3.05) is 20.3 Å². The number of rotatable bonds is 10. The zero-order valence-electron chi connectivity index (χ0n) is 19.0. The molecule has 1 aromatic heterocycles.